The van der Waals surface area contributed by atoms with Crippen LogP contribution in [0.2, 0.25) is 0 Å². The highest BCUT2D eigenvalue weighted by molar-refractivity contribution is 9.10. The number of carbonyl (C=O) groups is 1. The van der Waals surface area contributed by atoms with Gasteiger partial charge in [-0.25, -0.2) is 4.79 Å². The summed E-state index contributed by atoms with van der Waals surface area (Å²) < 4.78 is 12.1. The number of ether oxygens (including phenoxy) is 2. The summed E-state index contributed by atoms with van der Waals surface area (Å²) in [5.74, 6) is 0.310. The molecule has 5 heteroatoms. The molecule has 1 unspecified atom stereocenters. The molecule has 1 aliphatic heterocycles. The van der Waals surface area contributed by atoms with Crippen LogP contribution in [0.25, 0.3) is 0 Å². The van der Waals surface area contributed by atoms with Crippen LogP contribution in [0.3, 0.4) is 0 Å². The van der Waals surface area contributed by atoms with Gasteiger partial charge in [-0.1, -0.05) is 40.2 Å². The van der Waals surface area contributed by atoms with Crippen LogP contribution in [0.4, 0.5) is 0 Å². The van der Waals surface area contributed by atoms with Gasteiger partial charge in [-0.2, -0.15) is 0 Å². The largest absolute Gasteiger partial charge is 0.489 e. The van der Waals surface area contributed by atoms with Crippen molar-refractivity contribution in [3.05, 3.63) is 58.1 Å². The fourth-order valence-electron chi connectivity index (χ4n) is 2.21. The molecule has 1 heterocycles. The van der Waals surface area contributed by atoms with Gasteiger partial charge >= 0.3 is 5.97 Å². The SMILES string of the molecule is O=C(O)C1Cc2ccc(OCc3ccccc3Br)cc2O1. The van der Waals surface area contributed by atoms with Gasteiger partial charge in [-0.15, -0.1) is 0 Å². The zero-order chi connectivity index (χ0) is 14.8. The third-order valence-corrected chi connectivity index (χ3v) is 4.11. The molecule has 2 aromatic carbocycles. The zero-order valence-electron chi connectivity index (χ0n) is 11.1. The molecule has 0 bridgehead atoms. The van der Waals surface area contributed by atoms with Gasteiger partial charge in [0.15, 0.2) is 6.10 Å². The summed E-state index contributed by atoms with van der Waals surface area (Å²) in [7, 11) is 0. The van der Waals surface area contributed by atoms with Crippen molar-refractivity contribution >= 4 is 21.9 Å². The van der Waals surface area contributed by atoms with Gasteiger partial charge in [0.2, 0.25) is 0 Å². The van der Waals surface area contributed by atoms with Crippen molar-refractivity contribution in [2.45, 2.75) is 19.1 Å². The van der Waals surface area contributed by atoms with Crippen molar-refractivity contribution in [3.8, 4) is 11.5 Å². The topological polar surface area (TPSA) is 55.8 Å². The maximum absolute atomic E-state index is 10.9. The van der Waals surface area contributed by atoms with Crippen LogP contribution in [0, 0.1) is 0 Å². The first-order valence-electron chi connectivity index (χ1n) is 6.52. The van der Waals surface area contributed by atoms with Crippen molar-refractivity contribution in [2.24, 2.45) is 0 Å². The highest BCUT2D eigenvalue weighted by Crippen LogP contribution is 2.33. The second-order valence-corrected chi connectivity index (χ2v) is 5.65. The number of carboxylic acid groups (broad SMARTS) is 1. The molecule has 1 atom stereocenters. The molecule has 0 aromatic heterocycles. The molecule has 0 spiro atoms. The Morgan fingerprint density at radius 3 is 2.90 bits per heavy atom. The van der Waals surface area contributed by atoms with Gasteiger partial charge in [0.25, 0.3) is 0 Å². The first kappa shape index (κ1) is 13.9. The summed E-state index contributed by atoms with van der Waals surface area (Å²) in [6.45, 7) is 0.433. The fraction of sp³-hybridized carbons (Fsp3) is 0.188. The van der Waals surface area contributed by atoms with E-state index >= 15 is 0 Å². The predicted octanol–water partition coefficient (Wildman–Crippen LogP) is 3.42. The highest BCUT2D eigenvalue weighted by Gasteiger charge is 2.28. The van der Waals surface area contributed by atoms with Crippen LogP contribution in [-0.4, -0.2) is 17.2 Å². The predicted molar refractivity (Wildman–Crippen MR) is 80.7 cm³/mol. The minimum Gasteiger partial charge on any atom is -0.489 e. The Hall–Kier alpha value is -2.01. The van der Waals surface area contributed by atoms with E-state index in [9.17, 15) is 4.79 Å². The highest BCUT2D eigenvalue weighted by atomic mass is 79.9. The summed E-state index contributed by atoms with van der Waals surface area (Å²) in [4.78, 5) is 10.9. The molecule has 108 valence electrons. The summed E-state index contributed by atoms with van der Waals surface area (Å²) in [6, 6.07) is 13.3. The van der Waals surface area contributed by atoms with Crippen LogP contribution in [0.15, 0.2) is 46.9 Å². The van der Waals surface area contributed by atoms with E-state index in [1.165, 1.54) is 0 Å². The maximum atomic E-state index is 10.9. The number of halogens is 1. The normalized spacial score (nSPS) is 16.1. The number of aliphatic carboxylic acids is 1. The molecule has 1 aliphatic rings. The fourth-order valence-corrected chi connectivity index (χ4v) is 2.61. The first-order chi connectivity index (χ1) is 10.1. The number of fused-ring (bicyclic) bond motifs is 1. The van der Waals surface area contributed by atoms with Crippen LogP contribution in [-0.2, 0) is 17.8 Å². The smallest absolute Gasteiger partial charge is 0.345 e. The zero-order valence-corrected chi connectivity index (χ0v) is 12.7. The molecule has 21 heavy (non-hydrogen) atoms. The summed E-state index contributed by atoms with van der Waals surface area (Å²) in [5.41, 5.74) is 1.94. The quantitative estimate of drug-likeness (QED) is 0.919. The lowest BCUT2D eigenvalue weighted by Gasteiger charge is -2.09. The van der Waals surface area contributed by atoms with Gasteiger partial charge in [0, 0.05) is 22.5 Å². The Balaban J connectivity index is 1.70. The lowest BCUT2D eigenvalue weighted by atomic mass is 10.1. The number of hydrogen-bond donors (Lipinski definition) is 1. The molecule has 1 N–H and O–H groups in total. The van der Waals surface area contributed by atoms with Crippen molar-refractivity contribution in [2.75, 3.05) is 0 Å². The Labute approximate surface area is 130 Å². The molecule has 0 radical (unpaired) electrons. The van der Waals surface area contributed by atoms with Gasteiger partial charge in [0.05, 0.1) is 0 Å². The Morgan fingerprint density at radius 2 is 2.14 bits per heavy atom. The molecular weight excluding hydrogens is 336 g/mol. The molecule has 2 aromatic rings. The van der Waals surface area contributed by atoms with E-state index in [0.717, 1.165) is 15.6 Å². The average Bonchev–Trinajstić information content (AvgIpc) is 2.90. The second kappa shape index (κ2) is 5.77. The van der Waals surface area contributed by atoms with E-state index < -0.39 is 12.1 Å². The lowest BCUT2D eigenvalue weighted by molar-refractivity contribution is -0.144. The minimum absolute atomic E-state index is 0.398. The Kier molecular flexibility index (Phi) is 3.84. The maximum Gasteiger partial charge on any atom is 0.345 e. The number of rotatable bonds is 4. The minimum atomic E-state index is -0.943. The van der Waals surface area contributed by atoms with Crippen molar-refractivity contribution < 1.29 is 19.4 Å². The van der Waals surface area contributed by atoms with Gasteiger partial charge < -0.3 is 14.6 Å². The molecule has 3 rings (SSSR count). The number of benzene rings is 2. The molecule has 0 fully saturated rings. The van der Waals surface area contributed by atoms with Crippen LogP contribution in [0.5, 0.6) is 11.5 Å². The lowest BCUT2D eigenvalue weighted by Crippen LogP contribution is -2.24. The van der Waals surface area contributed by atoms with Crippen LogP contribution < -0.4 is 9.47 Å². The van der Waals surface area contributed by atoms with Crippen molar-refractivity contribution in [3.63, 3.8) is 0 Å². The van der Waals surface area contributed by atoms with E-state index in [4.69, 9.17) is 14.6 Å². The molecule has 0 saturated heterocycles. The monoisotopic (exact) mass is 348 g/mol. The van der Waals surface area contributed by atoms with Crippen LogP contribution in [0.1, 0.15) is 11.1 Å². The van der Waals surface area contributed by atoms with E-state index in [-0.39, 0.29) is 0 Å². The summed E-state index contributed by atoms with van der Waals surface area (Å²) in [6.07, 6.45) is -0.395. The van der Waals surface area contributed by atoms with E-state index in [2.05, 4.69) is 15.9 Å². The van der Waals surface area contributed by atoms with Gasteiger partial charge in [-0.05, 0) is 17.7 Å². The number of hydrogen-bond acceptors (Lipinski definition) is 3. The standard InChI is InChI=1S/C16H13BrO4/c17-13-4-2-1-3-11(13)9-20-12-6-5-10-7-15(16(18)19)21-14(10)8-12/h1-6,8,15H,7,9H2,(H,18,19). The summed E-state index contributed by atoms with van der Waals surface area (Å²) in [5, 5.41) is 8.98. The first-order valence-corrected chi connectivity index (χ1v) is 7.31. The molecule has 4 nitrogen and oxygen atoms in total. The van der Waals surface area contributed by atoms with Crippen LogP contribution >= 0.6 is 15.9 Å². The van der Waals surface area contributed by atoms with Crippen molar-refractivity contribution in [1.82, 2.24) is 0 Å². The summed E-state index contributed by atoms with van der Waals surface area (Å²) >= 11 is 3.47. The number of carboxylic acids is 1. The molecule has 0 aliphatic carbocycles. The van der Waals surface area contributed by atoms with E-state index in [0.29, 0.717) is 24.5 Å². The molecular formula is C16H13BrO4. The Bertz CT molecular complexity index is 684. The van der Waals surface area contributed by atoms with E-state index in [1.807, 2.05) is 36.4 Å². The van der Waals surface area contributed by atoms with Gasteiger partial charge in [-0.3, -0.25) is 0 Å². The third kappa shape index (κ3) is 3.03. The third-order valence-electron chi connectivity index (χ3n) is 3.34. The van der Waals surface area contributed by atoms with Crippen molar-refractivity contribution in [1.29, 1.82) is 0 Å². The second-order valence-electron chi connectivity index (χ2n) is 4.80. The molecule has 0 amide bonds. The molecule has 0 saturated carbocycles. The van der Waals surface area contributed by atoms with Gasteiger partial charge in [0.1, 0.15) is 18.1 Å². The Morgan fingerprint density at radius 1 is 1.33 bits per heavy atom. The average molecular weight is 349 g/mol. The van der Waals surface area contributed by atoms with E-state index in [1.54, 1.807) is 6.07 Å².